The van der Waals surface area contributed by atoms with E-state index in [9.17, 15) is 4.79 Å². The summed E-state index contributed by atoms with van der Waals surface area (Å²) in [5.41, 5.74) is 0. The van der Waals surface area contributed by atoms with Gasteiger partial charge < -0.3 is 19.7 Å². The second kappa shape index (κ2) is 7.62. The molecule has 0 bridgehead atoms. The molecule has 3 aliphatic rings. The smallest absolute Gasteiger partial charge is 0.267 e. The van der Waals surface area contributed by atoms with Crippen molar-refractivity contribution in [3.05, 3.63) is 24.3 Å². The van der Waals surface area contributed by atoms with Crippen LogP contribution in [0.3, 0.4) is 0 Å². The number of hydrogen-bond acceptors (Lipinski definition) is 4. The Balaban J connectivity index is 0.00000169. The number of piperidine rings is 1. The number of likely N-dealkylation sites (tertiary alicyclic amines) is 1. The summed E-state index contributed by atoms with van der Waals surface area (Å²) in [5.74, 6) is 2.35. The van der Waals surface area contributed by atoms with Crippen LogP contribution >= 0.6 is 12.4 Å². The predicted molar refractivity (Wildman–Crippen MR) is 93.9 cm³/mol. The van der Waals surface area contributed by atoms with Crippen molar-refractivity contribution in [1.82, 2.24) is 10.2 Å². The number of benzene rings is 1. The Morgan fingerprint density at radius 1 is 1.12 bits per heavy atom. The molecule has 24 heavy (non-hydrogen) atoms. The molecule has 1 amide bonds. The number of nitrogens with zero attached hydrogens (tertiary/aromatic N) is 1. The van der Waals surface area contributed by atoms with E-state index in [2.05, 4.69) is 5.32 Å². The highest BCUT2D eigenvalue weighted by Crippen LogP contribution is 2.31. The maximum absolute atomic E-state index is 12.6. The number of amides is 1. The minimum Gasteiger partial charge on any atom is -0.485 e. The van der Waals surface area contributed by atoms with Crippen molar-refractivity contribution in [2.75, 3.05) is 26.2 Å². The highest BCUT2D eigenvalue weighted by Gasteiger charge is 2.33. The minimum absolute atomic E-state index is 0. The first-order chi connectivity index (χ1) is 11.3. The molecule has 1 saturated heterocycles. The van der Waals surface area contributed by atoms with Gasteiger partial charge >= 0.3 is 0 Å². The summed E-state index contributed by atoms with van der Waals surface area (Å²) >= 11 is 0. The lowest BCUT2D eigenvalue weighted by molar-refractivity contribution is -0.142. The van der Waals surface area contributed by atoms with Crippen LogP contribution in [0.4, 0.5) is 0 Å². The Morgan fingerprint density at radius 3 is 2.54 bits per heavy atom. The SMILES string of the molecule is Cl.O=C(C1COc2ccccc2O1)N1CCC(NCC2CC2)CC1. The molecule has 1 aliphatic carbocycles. The van der Waals surface area contributed by atoms with E-state index in [4.69, 9.17) is 9.47 Å². The largest absolute Gasteiger partial charge is 0.485 e. The Morgan fingerprint density at radius 2 is 1.83 bits per heavy atom. The lowest BCUT2D eigenvalue weighted by atomic mass is 10.0. The number of carbonyl (C=O) groups excluding carboxylic acids is 1. The quantitative estimate of drug-likeness (QED) is 0.903. The van der Waals surface area contributed by atoms with Crippen molar-refractivity contribution in [3.63, 3.8) is 0 Å². The van der Waals surface area contributed by atoms with Crippen LogP contribution in [0.2, 0.25) is 0 Å². The summed E-state index contributed by atoms with van der Waals surface area (Å²) < 4.78 is 11.5. The maximum atomic E-state index is 12.6. The summed E-state index contributed by atoms with van der Waals surface area (Å²) in [6.07, 6.45) is 4.31. The first kappa shape index (κ1) is 17.4. The molecule has 1 saturated carbocycles. The zero-order chi connectivity index (χ0) is 15.6. The maximum Gasteiger partial charge on any atom is 0.267 e. The predicted octanol–water partition coefficient (Wildman–Crippen LogP) is 2.24. The molecular formula is C18H25ClN2O3. The zero-order valence-electron chi connectivity index (χ0n) is 13.8. The van der Waals surface area contributed by atoms with Gasteiger partial charge in [-0.2, -0.15) is 0 Å². The fourth-order valence-electron chi connectivity index (χ4n) is 3.30. The van der Waals surface area contributed by atoms with Crippen LogP contribution in [0.25, 0.3) is 0 Å². The molecule has 1 aromatic carbocycles. The molecule has 2 fully saturated rings. The van der Waals surface area contributed by atoms with Crippen molar-refractivity contribution in [3.8, 4) is 11.5 Å². The molecule has 132 valence electrons. The third-order valence-corrected chi connectivity index (χ3v) is 4.98. The second-order valence-corrected chi connectivity index (χ2v) is 6.82. The number of nitrogens with one attached hydrogen (secondary N) is 1. The Bertz CT molecular complexity index is 571. The molecule has 4 rings (SSSR count). The average Bonchev–Trinajstić information content (AvgIpc) is 3.44. The standard InChI is InChI=1S/C18H24N2O3.ClH/c21-18(17-12-22-15-3-1-2-4-16(15)23-17)20-9-7-14(8-10-20)19-11-13-5-6-13;/h1-4,13-14,17,19H,5-12H2;1H. The van der Waals surface area contributed by atoms with Crippen molar-refractivity contribution >= 4 is 18.3 Å². The third kappa shape index (κ3) is 3.95. The normalized spacial score (nSPS) is 23.5. The number of para-hydroxylation sites is 2. The topological polar surface area (TPSA) is 50.8 Å². The lowest BCUT2D eigenvalue weighted by Crippen LogP contribution is -2.51. The molecule has 5 nitrogen and oxygen atoms in total. The summed E-state index contributed by atoms with van der Waals surface area (Å²) in [7, 11) is 0. The van der Waals surface area contributed by atoms with Gasteiger partial charge in [0.15, 0.2) is 11.5 Å². The van der Waals surface area contributed by atoms with Gasteiger partial charge in [0.1, 0.15) is 6.61 Å². The number of hydrogen-bond donors (Lipinski definition) is 1. The number of rotatable bonds is 4. The van der Waals surface area contributed by atoms with E-state index in [1.54, 1.807) is 0 Å². The van der Waals surface area contributed by atoms with E-state index in [0.29, 0.717) is 18.4 Å². The van der Waals surface area contributed by atoms with Crippen molar-refractivity contribution in [2.24, 2.45) is 5.92 Å². The molecule has 6 heteroatoms. The van der Waals surface area contributed by atoms with Crippen LogP contribution < -0.4 is 14.8 Å². The molecule has 1 unspecified atom stereocenters. The number of ether oxygens (including phenoxy) is 2. The lowest BCUT2D eigenvalue weighted by Gasteiger charge is -2.35. The molecule has 1 N–H and O–H groups in total. The van der Waals surface area contributed by atoms with Gasteiger partial charge in [-0.25, -0.2) is 0 Å². The van der Waals surface area contributed by atoms with Crippen LogP contribution in [-0.2, 0) is 4.79 Å². The van der Waals surface area contributed by atoms with Crippen LogP contribution in [-0.4, -0.2) is 49.2 Å². The van der Waals surface area contributed by atoms with Crippen LogP contribution in [0.5, 0.6) is 11.5 Å². The second-order valence-electron chi connectivity index (χ2n) is 6.82. The van der Waals surface area contributed by atoms with Gasteiger partial charge in [0, 0.05) is 19.1 Å². The summed E-state index contributed by atoms with van der Waals surface area (Å²) in [5, 5.41) is 3.64. The van der Waals surface area contributed by atoms with E-state index in [-0.39, 0.29) is 18.3 Å². The monoisotopic (exact) mass is 352 g/mol. The minimum atomic E-state index is -0.513. The fourth-order valence-corrected chi connectivity index (χ4v) is 3.30. The van der Waals surface area contributed by atoms with E-state index < -0.39 is 6.10 Å². The third-order valence-electron chi connectivity index (χ3n) is 4.98. The van der Waals surface area contributed by atoms with Gasteiger partial charge in [-0.1, -0.05) is 12.1 Å². The number of halogens is 1. The van der Waals surface area contributed by atoms with E-state index in [1.165, 1.54) is 12.8 Å². The highest BCUT2D eigenvalue weighted by atomic mass is 35.5. The number of fused-ring (bicyclic) bond motifs is 1. The molecule has 0 radical (unpaired) electrons. The van der Waals surface area contributed by atoms with E-state index >= 15 is 0 Å². The van der Waals surface area contributed by atoms with Gasteiger partial charge in [-0.05, 0) is 50.3 Å². The summed E-state index contributed by atoms with van der Waals surface area (Å²) in [4.78, 5) is 14.6. The van der Waals surface area contributed by atoms with Crippen LogP contribution in [0, 0.1) is 5.92 Å². The first-order valence-electron chi connectivity index (χ1n) is 8.70. The van der Waals surface area contributed by atoms with Crippen molar-refractivity contribution in [1.29, 1.82) is 0 Å². The molecule has 1 atom stereocenters. The number of carbonyl (C=O) groups is 1. The first-order valence-corrected chi connectivity index (χ1v) is 8.70. The van der Waals surface area contributed by atoms with Gasteiger partial charge in [0.25, 0.3) is 5.91 Å². The van der Waals surface area contributed by atoms with Crippen molar-refractivity contribution < 1.29 is 14.3 Å². The molecule has 2 heterocycles. The molecule has 2 aliphatic heterocycles. The molecule has 0 aromatic heterocycles. The average molecular weight is 353 g/mol. The highest BCUT2D eigenvalue weighted by molar-refractivity contribution is 5.85. The van der Waals surface area contributed by atoms with Crippen molar-refractivity contribution in [2.45, 2.75) is 37.8 Å². The Labute approximate surface area is 149 Å². The zero-order valence-corrected chi connectivity index (χ0v) is 14.6. The van der Waals surface area contributed by atoms with E-state index in [1.807, 2.05) is 29.2 Å². The van der Waals surface area contributed by atoms with Gasteiger partial charge in [0.2, 0.25) is 6.10 Å². The van der Waals surface area contributed by atoms with E-state index in [0.717, 1.165) is 44.1 Å². The summed E-state index contributed by atoms with van der Waals surface area (Å²) in [6.45, 7) is 3.07. The Kier molecular flexibility index (Phi) is 5.51. The summed E-state index contributed by atoms with van der Waals surface area (Å²) in [6, 6.07) is 8.08. The van der Waals surface area contributed by atoms with Crippen LogP contribution in [0.1, 0.15) is 25.7 Å². The van der Waals surface area contributed by atoms with Crippen LogP contribution in [0.15, 0.2) is 24.3 Å². The Hall–Kier alpha value is -1.46. The fraction of sp³-hybridized carbons (Fsp3) is 0.611. The van der Waals surface area contributed by atoms with Gasteiger partial charge in [-0.15, -0.1) is 12.4 Å². The molecule has 0 spiro atoms. The van der Waals surface area contributed by atoms with Gasteiger partial charge in [-0.3, -0.25) is 4.79 Å². The molecular weight excluding hydrogens is 328 g/mol. The molecule has 1 aromatic rings. The van der Waals surface area contributed by atoms with Gasteiger partial charge in [0.05, 0.1) is 0 Å².